The van der Waals surface area contributed by atoms with Crippen LogP contribution in [-0.4, -0.2) is 74.5 Å². The zero-order chi connectivity index (χ0) is 50.7. The number of nitrogens with one attached hydrogen (secondary N) is 1. The Morgan fingerprint density at radius 3 is 1.89 bits per heavy atom. The molecule has 4 aliphatic heterocycles. The molecule has 0 saturated carbocycles. The summed E-state index contributed by atoms with van der Waals surface area (Å²) in [5.74, 6) is 1.20. The molecule has 3 amide bonds. The summed E-state index contributed by atoms with van der Waals surface area (Å²) in [6.45, 7) is 5.90. The van der Waals surface area contributed by atoms with Crippen molar-refractivity contribution in [2.24, 2.45) is 0 Å². The van der Waals surface area contributed by atoms with E-state index in [1.165, 1.54) is 29.0 Å². The monoisotopic (exact) mass is 1030 g/mol. The number of anilines is 3. The number of fused-ring (bicyclic) bond motifs is 8. The van der Waals surface area contributed by atoms with Crippen molar-refractivity contribution in [2.45, 2.75) is 121 Å². The molecule has 0 radical (unpaired) electrons. The second kappa shape index (κ2) is 22.1. The van der Waals surface area contributed by atoms with Crippen LogP contribution in [0.15, 0.2) is 91.0 Å². The number of nitrogens with zero attached hydrogens (tertiary/aromatic N) is 2. The zero-order valence-corrected chi connectivity index (χ0v) is 43.8. The first-order chi connectivity index (χ1) is 34.7. The fourth-order valence-electron chi connectivity index (χ4n) is 10.4. The van der Waals surface area contributed by atoms with E-state index >= 15 is 0 Å². The number of methoxy groups -OCH3 is 1. The summed E-state index contributed by atoms with van der Waals surface area (Å²) in [5, 5.41) is 1.53. The molecule has 0 fully saturated rings. The molecule has 5 aromatic rings. The predicted molar refractivity (Wildman–Crippen MR) is 284 cm³/mol. The molecule has 13 nitrogen and oxygen atoms in total. The maximum absolute atomic E-state index is 14.2. The third kappa shape index (κ3) is 10.9. The Bertz CT molecular complexity index is 3020. The largest absolute Gasteiger partial charge is 0.493 e. The Morgan fingerprint density at radius 2 is 1.31 bits per heavy atom. The van der Waals surface area contributed by atoms with Crippen molar-refractivity contribution in [2.75, 3.05) is 35.1 Å². The van der Waals surface area contributed by atoms with E-state index < -0.39 is 21.3 Å². The molecular formula is C56H61N3O10S3. The second-order valence-corrected chi connectivity index (χ2v) is 23.9. The first-order valence-corrected chi connectivity index (χ1v) is 28.6. The fraction of sp³-hybridized carbons (Fsp3) is 0.393. The van der Waals surface area contributed by atoms with Gasteiger partial charge in [-0.25, -0.2) is 0 Å². The van der Waals surface area contributed by atoms with Crippen LogP contribution < -0.4 is 29.3 Å². The molecule has 5 aromatic carbocycles. The first kappa shape index (κ1) is 51.1. The summed E-state index contributed by atoms with van der Waals surface area (Å²) in [4.78, 5) is 58.1. The topological polar surface area (TPSA) is 158 Å². The van der Waals surface area contributed by atoms with Crippen molar-refractivity contribution in [3.63, 3.8) is 0 Å². The molecule has 2 unspecified atom stereocenters. The van der Waals surface area contributed by atoms with Crippen LogP contribution in [0.4, 0.5) is 17.1 Å². The van der Waals surface area contributed by atoms with E-state index in [0.717, 1.165) is 60.9 Å². The van der Waals surface area contributed by atoms with Crippen LogP contribution in [0.1, 0.15) is 112 Å². The molecular weight excluding hydrogens is 971 g/mol. The normalized spacial score (nSPS) is 17.6. The van der Waals surface area contributed by atoms with Crippen molar-refractivity contribution in [3.8, 4) is 17.2 Å². The van der Waals surface area contributed by atoms with Crippen LogP contribution in [-0.2, 0) is 62.8 Å². The molecule has 0 aliphatic carbocycles. The summed E-state index contributed by atoms with van der Waals surface area (Å²) < 4.78 is 50.3. The van der Waals surface area contributed by atoms with Crippen molar-refractivity contribution < 1.29 is 46.0 Å². The lowest BCUT2D eigenvalue weighted by Crippen LogP contribution is -2.36. The maximum Gasteiger partial charge on any atom is 0.279 e. The highest BCUT2D eigenvalue weighted by molar-refractivity contribution is 8.76. The van der Waals surface area contributed by atoms with Gasteiger partial charge in [-0.1, -0.05) is 71.8 Å². The molecule has 72 heavy (non-hydrogen) atoms. The lowest BCUT2D eigenvalue weighted by Gasteiger charge is -2.23. The average Bonchev–Trinajstić information content (AvgIpc) is 3.87. The molecule has 0 aromatic heterocycles. The quantitative estimate of drug-likeness (QED) is 0.0448. The van der Waals surface area contributed by atoms with Crippen molar-refractivity contribution in [1.82, 2.24) is 0 Å². The van der Waals surface area contributed by atoms with Crippen LogP contribution in [0.25, 0.3) is 0 Å². The van der Waals surface area contributed by atoms with Crippen molar-refractivity contribution >= 4 is 72.3 Å². The number of hydrogen-bond acceptors (Lipinski definition) is 12. The van der Waals surface area contributed by atoms with Gasteiger partial charge in [0, 0.05) is 64.1 Å². The lowest BCUT2D eigenvalue weighted by atomic mass is 9.98. The van der Waals surface area contributed by atoms with Gasteiger partial charge in [0.1, 0.15) is 24.7 Å². The first-order valence-electron chi connectivity index (χ1n) is 24.7. The molecule has 16 heteroatoms. The molecule has 4 heterocycles. The fourth-order valence-corrected chi connectivity index (χ4v) is 13.9. The van der Waals surface area contributed by atoms with Gasteiger partial charge in [0.05, 0.1) is 14.2 Å². The van der Waals surface area contributed by atoms with Crippen LogP contribution in [0, 0.1) is 6.92 Å². The maximum atomic E-state index is 14.2. The van der Waals surface area contributed by atoms with E-state index in [9.17, 15) is 27.6 Å². The van der Waals surface area contributed by atoms with Gasteiger partial charge in [0.2, 0.25) is 5.91 Å². The van der Waals surface area contributed by atoms with Crippen molar-refractivity contribution in [3.05, 3.63) is 141 Å². The number of benzene rings is 5. The van der Waals surface area contributed by atoms with Crippen LogP contribution in [0.3, 0.4) is 0 Å². The highest BCUT2D eigenvalue weighted by atomic mass is 33.1. The zero-order valence-electron chi connectivity index (χ0n) is 41.4. The van der Waals surface area contributed by atoms with Gasteiger partial charge in [-0.15, -0.1) is 0 Å². The minimum Gasteiger partial charge on any atom is -0.493 e. The predicted octanol–water partition coefficient (Wildman–Crippen LogP) is 10.4. The number of ether oxygens (including phenoxy) is 3. The van der Waals surface area contributed by atoms with E-state index in [4.69, 9.17) is 18.4 Å². The molecule has 4 aliphatic rings. The average molecular weight is 1030 g/mol. The number of hydrogen-bond donors (Lipinski definition) is 1. The summed E-state index contributed by atoms with van der Waals surface area (Å²) in [6, 6.07) is 29.2. The number of carbonyl (C=O) groups excluding carboxylic acids is 4. The van der Waals surface area contributed by atoms with E-state index in [0.29, 0.717) is 83.0 Å². The highest BCUT2D eigenvalue weighted by Crippen LogP contribution is 2.42. The summed E-state index contributed by atoms with van der Waals surface area (Å²) in [5.41, 5.74) is 9.74. The van der Waals surface area contributed by atoms with Crippen LogP contribution in [0.2, 0.25) is 0 Å². The van der Waals surface area contributed by atoms with E-state index in [1.54, 1.807) is 29.0 Å². The lowest BCUT2D eigenvalue weighted by molar-refractivity contribution is -0.119. The molecule has 4 atom stereocenters. The Hall–Kier alpha value is -5.81. The molecule has 1 N–H and O–H groups in total. The molecule has 0 saturated heterocycles. The highest BCUT2D eigenvalue weighted by Gasteiger charge is 2.39. The minimum absolute atomic E-state index is 0.00414. The Kier molecular flexibility index (Phi) is 15.7. The summed E-state index contributed by atoms with van der Waals surface area (Å²) in [6.07, 6.45) is 6.31. The van der Waals surface area contributed by atoms with Gasteiger partial charge in [0.25, 0.3) is 21.9 Å². The standard InChI is InChI=1S/C56H61N3O10S3/c1-6-45(60)20-15-35(3)71-70-22-21-53(72(64,65)67-5)54(61)57-42-25-36(32-68-50-29-38-16-18-43-27-40-11-7-9-13-48(40)58(43)55(62)46(38)23-34(50)2)24-37(26-42)33-69-52-30-39-17-19-44-28-41-12-8-10-14-49(41)59(44)56(63)47(39)31-51(52)66-4/h7-14,23-26,29-31,35,43-44,53H,6,15-22,27-28,32-33H2,1-5H3,(H,57,61)/t35?,43-,44-,53?/m1/s1. The van der Waals surface area contributed by atoms with Gasteiger partial charge in [-0.3, -0.25) is 23.4 Å². The number of ketones is 1. The van der Waals surface area contributed by atoms with Gasteiger partial charge in [0.15, 0.2) is 16.7 Å². The Morgan fingerprint density at radius 1 is 0.736 bits per heavy atom. The summed E-state index contributed by atoms with van der Waals surface area (Å²) >= 11 is 0. The SMILES string of the molecule is CCC(=O)CCC(C)SSCCC(C(=O)Nc1cc(COc2cc3c(cc2C)C(=O)N2c4ccccc4C[C@H]2CC3)cc(COc2cc3c(cc2OC)C(=O)N2c4ccccc4C[C@H]2CC3)c1)S(=O)(=O)OC. The number of para-hydroxylation sites is 2. The number of amides is 3. The van der Waals surface area contributed by atoms with Gasteiger partial charge >= 0.3 is 0 Å². The van der Waals surface area contributed by atoms with Gasteiger partial charge in [-0.05, 0) is 152 Å². The smallest absolute Gasteiger partial charge is 0.279 e. The third-order valence-electron chi connectivity index (χ3n) is 14.2. The summed E-state index contributed by atoms with van der Waals surface area (Å²) in [7, 11) is 1.32. The van der Waals surface area contributed by atoms with Crippen LogP contribution in [0.5, 0.6) is 17.2 Å². The van der Waals surface area contributed by atoms with Crippen molar-refractivity contribution in [1.29, 1.82) is 0 Å². The number of rotatable bonds is 20. The Labute approximate surface area is 430 Å². The number of aryl methyl sites for hydroxylation is 3. The van der Waals surface area contributed by atoms with E-state index in [1.807, 2.05) is 91.2 Å². The molecule has 9 rings (SSSR count). The number of Topliss-reactive ketones (excluding diaryl/α,β-unsaturated/α-hetero) is 1. The third-order valence-corrected chi connectivity index (χ3v) is 18.8. The molecule has 0 bridgehead atoms. The van der Waals surface area contributed by atoms with E-state index in [-0.39, 0.29) is 54.6 Å². The van der Waals surface area contributed by atoms with Gasteiger partial charge in [-0.2, -0.15) is 8.42 Å². The van der Waals surface area contributed by atoms with E-state index in [2.05, 4.69) is 17.4 Å². The van der Waals surface area contributed by atoms with Gasteiger partial charge < -0.3 is 29.3 Å². The second-order valence-electron chi connectivity index (χ2n) is 19.0. The van der Waals surface area contributed by atoms with Crippen LogP contribution >= 0.6 is 21.6 Å². The molecule has 0 spiro atoms. The molecule has 378 valence electrons. The Balaban J connectivity index is 0.959. The minimum atomic E-state index is -4.29. The number of carbonyl (C=O) groups is 4.